The number of pyridine rings is 1. The molecular formula is C16H14BrF3N2O2. The van der Waals surface area contributed by atoms with Crippen molar-refractivity contribution in [3.8, 4) is 0 Å². The van der Waals surface area contributed by atoms with Crippen LogP contribution in [0, 0.1) is 6.92 Å². The summed E-state index contributed by atoms with van der Waals surface area (Å²) in [4.78, 5) is 24.4. The van der Waals surface area contributed by atoms with E-state index in [9.17, 15) is 22.8 Å². The van der Waals surface area contributed by atoms with Gasteiger partial charge in [-0.3, -0.25) is 9.59 Å². The summed E-state index contributed by atoms with van der Waals surface area (Å²) in [5.74, 6) is -0.716. The molecule has 128 valence electrons. The van der Waals surface area contributed by atoms with Gasteiger partial charge in [0.1, 0.15) is 6.04 Å². The molecule has 0 aliphatic rings. The van der Waals surface area contributed by atoms with E-state index >= 15 is 0 Å². The predicted molar refractivity (Wildman–Crippen MR) is 87.9 cm³/mol. The van der Waals surface area contributed by atoms with Crippen molar-refractivity contribution >= 4 is 27.5 Å². The molecule has 1 N–H and O–H groups in total. The van der Waals surface area contributed by atoms with Crippen LogP contribution in [0.1, 0.15) is 24.1 Å². The number of rotatable bonds is 3. The summed E-state index contributed by atoms with van der Waals surface area (Å²) < 4.78 is 40.7. The number of hydrogen-bond acceptors (Lipinski definition) is 2. The smallest absolute Gasteiger partial charge is 0.324 e. The Balaban J connectivity index is 2.33. The van der Waals surface area contributed by atoms with E-state index in [0.29, 0.717) is 10.0 Å². The Labute approximate surface area is 144 Å². The molecule has 1 aromatic heterocycles. The van der Waals surface area contributed by atoms with Crippen LogP contribution in [0.15, 0.2) is 45.8 Å². The number of halogens is 4. The Morgan fingerprint density at radius 2 is 1.92 bits per heavy atom. The largest absolute Gasteiger partial charge is 0.418 e. The van der Waals surface area contributed by atoms with Gasteiger partial charge in [-0.25, -0.2) is 0 Å². The highest BCUT2D eigenvalue weighted by Crippen LogP contribution is 2.34. The van der Waals surface area contributed by atoms with Gasteiger partial charge >= 0.3 is 6.18 Å². The standard InChI is InChI=1S/C16H14BrF3N2O2/c1-9-7-11(17)8-22(15(9)24)10(2)14(23)21-13-6-4-3-5-12(13)16(18,19)20/h3-8,10H,1-2H3,(H,21,23). The molecule has 0 bridgehead atoms. The van der Waals surface area contributed by atoms with Gasteiger partial charge < -0.3 is 9.88 Å². The van der Waals surface area contributed by atoms with Crippen molar-refractivity contribution in [2.75, 3.05) is 5.32 Å². The van der Waals surface area contributed by atoms with Crippen LogP contribution in [0.5, 0.6) is 0 Å². The van der Waals surface area contributed by atoms with Crippen LogP contribution in [0.25, 0.3) is 0 Å². The van der Waals surface area contributed by atoms with E-state index in [1.165, 1.54) is 35.9 Å². The van der Waals surface area contributed by atoms with E-state index in [-0.39, 0.29) is 11.2 Å². The maximum absolute atomic E-state index is 13.0. The number of para-hydroxylation sites is 1. The minimum atomic E-state index is -4.59. The van der Waals surface area contributed by atoms with Gasteiger partial charge in [0, 0.05) is 16.2 Å². The quantitative estimate of drug-likeness (QED) is 0.838. The summed E-state index contributed by atoms with van der Waals surface area (Å²) in [6.07, 6.45) is -3.16. The molecule has 2 rings (SSSR count). The number of hydrogen-bond donors (Lipinski definition) is 1. The van der Waals surface area contributed by atoms with Crippen LogP contribution < -0.4 is 10.9 Å². The maximum atomic E-state index is 13.0. The average molecular weight is 403 g/mol. The van der Waals surface area contributed by atoms with Crippen LogP contribution in [0.3, 0.4) is 0 Å². The Kier molecular flexibility index (Phi) is 5.17. The fourth-order valence-electron chi connectivity index (χ4n) is 2.19. The van der Waals surface area contributed by atoms with Gasteiger partial charge in [0.05, 0.1) is 11.3 Å². The molecule has 1 atom stereocenters. The van der Waals surface area contributed by atoms with Gasteiger partial charge in [0.2, 0.25) is 5.91 Å². The number of amides is 1. The third-order valence-corrected chi connectivity index (χ3v) is 3.91. The second-order valence-electron chi connectivity index (χ2n) is 5.26. The molecule has 1 heterocycles. The van der Waals surface area contributed by atoms with Crippen molar-refractivity contribution in [2.24, 2.45) is 0 Å². The third kappa shape index (κ3) is 3.87. The lowest BCUT2D eigenvalue weighted by Crippen LogP contribution is -2.32. The number of aryl methyl sites for hydroxylation is 1. The molecule has 0 fully saturated rings. The fraction of sp³-hybridized carbons (Fsp3) is 0.250. The predicted octanol–water partition coefficient (Wildman–Crippen LogP) is 4.14. The van der Waals surface area contributed by atoms with Crippen LogP contribution in [-0.4, -0.2) is 10.5 Å². The lowest BCUT2D eigenvalue weighted by Gasteiger charge is -2.18. The van der Waals surface area contributed by atoms with Crippen molar-refractivity contribution in [3.63, 3.8) is 0 Å². The highest BCUT2D eigenvalue weighted by atomic mass is 79.9. The highest BCUT2D eigenvalue weighted by Gasteiger charge is 2.34. The number of carbonyl (C=O) groups is 1. The molecule has 2 aromatic rings. The van der Waals surface area contributed by atoms with Crippen molar-refractivity contribution in [1.29, 1.82) is 0 Å². The first-order valence-electron chi connectivity index (χ1n) is 6.96. The number of nitrogens with one attached hydrogen (secondary N) is 1. The fourth-order valence-corrected chi connectivity index (χ4v) is 2.76. The zero-order valence-corrected chi connectivity index (χ0v) is 14.4. The molecule has 4 nitrogen and oxygen atoms in total. The lowest BCUT2D eigenvalue weighted by atomic mass is 10.1. The Hall–Kier alpha value is -2.09. The number of nitrogens with zero attached hydrogens (tertiary/aromatic N) is 1. The molecule has 1 aromatic carbocycles. The average Bonchev–Trinajstić information content (AvgIpc) is 2.49. The van der Waals surface area contributed by atoms with Crippen molar-refractivity contribution in [1.82, 2.24) is 4.57 Å². The Morgan fingerprint density at radius 3 is 2.54 bits per heavy atom. The Bertz CT molecular complexity index is 831. The van der Waals surface area contributed by atoms with Gasteiger partial charge in [0.25, 0.3) is 5.56 Å². The monoisotopic (exact) mass is 402 g/mol. The number of aromatic nitrogens is 1. The Morgan fingerprint density at radius 1 is 1.29 bits per heavy atom. The summed E-state index contributed by atoms with van der Waals surface area (Å²) in [5.41, 5.74) is -1.25. The van der Waals surface area contributed by atoms with E-state index in [2.05, 4.69) is 21.2 Å². The lowest BCUT2D eigenvalue weighted by molar-refractivity contribution is -0.137. The first kappa shape index (κ1) is 18.3. The van der Waals surface area contributed by atoms with Crippen LogP contribution >= 0.6 is 15.9 Å². The van der Waals surface area contributed by atoms with E-state index in [1.807, 2.05) is 0 Å². The maximum Gasteiger partial charge on any atom is 0.418 e. The van der Waals surface area contributed by atoms with Crippen molar-refractivity contribution in [3.05, 3.63) is 62.5 Å². The summed E-state index contributed by atoms with van der Waals surface area (Å²) in [6.45, 7) is 3.03. The molecule has 0 aliphatic carbocycles. The second-order valence-corrected chi connectivity index (χ2v) is 6.18. The SMILES string of the molecule is Cc1cc(Br)cn(C(C)C(=O)Nc2ccccc2C(F)(F)F)c1=O. The minimum Gasteiger partial charge on any atom is -0.324 e. The van der Waals surface area contributed by atoms with Crippen LogP contribution in [0.2, 0.25) is 0 Å². The summed E-state index contributed by atoms with van der Waals surface area (Å²) in [7, 11) is 0. The first-order chi connectivity index (χ1) is 11.1. The van der Waals surface area contributed by atoms with Gasteiger partial charge in [-0.15, -0.1) is 0 Å². The molecule has 0 aliphatic heterocycles. The molecular weight excluding hydrogens is 389 g/mol. The topological polar surface area (TPSA) is 51.1 Å². The summed E-state index contributed by atoms with van der Waals surface area (Å²) >= 11 is 3.23. The number of carbonyl (C=O) groups excluding carboxylic acids is 1. The zero-order chi connectivity index (χ0) is 18.1. The second kappa shape index (κ2) is 6.80. The normalized spacial score (nSPS) is 12.8. The van der Waals surface area contributed by atoms with E-state index in [4.69, 9.17) is 0 Å². The van der Waals surface area contributed by atoms with Gasteiger partial charge in [0.15, 0.2) is 0 Å². The third-order valence-electron chi connectivity index (χ3n) is 3.48. The van der Waals surface area contributed by atoms with Crippen molar-refractivity contribution < 1.29 is 18.0 Å². The number of anilines is 1. The zero-order valence-electron chi connectivity index (χ0n) is 12.8. The van der Waals surface area contributed by atoms with Gasteiger partial charge in [-0.1, -0.05) is 12.1 Å². The van der Waals surface area contributed by atoms with E-state index < -0.39 is 23.7 Å². The molecule has 8 heteroatoms. The first-order valence-corrected chi connectivity index (χ1v) is 7.76. The molecule has 0 radical (unpaired) electrons. The van der Waals surface area contributed by atoms with E-state index in [0.717, 1.165) is 6.07 Å². The van der Waals surface area contributed by atoms with E-state index in [1.54, 1.807) is 13.0 Å². The van der Waals surface area contributed by atoms with Gasteiger partial charge in [-0.05, 0) is 48.0 Å². The molecule has 0 saturated heterocycles. The van der Waals surface area contributed by atoms with Crippen molar-refractivity contribution in [2.45, 2.75) is 26.1 Å². The summed E-state index contributed by atoms with van der Waals surface area (Å²) in [5, 5.41) is 2.25. The molecule has 24 heavy (non-hydrogen) atoms. The molecule has 1 amide bonds. The molecule has 0 spiro atoms. The van der Waals surface area contributed by atoms with Crippen LogP contribution in [-0.2, 0) is 11.0 Å². The molecule has 0 saturated carbocycles. The minimum absolute atomic E-state index is 0.346. The highest BCUT2D eigenvalue weighted by molar-refractivity contribution is 9.10. The molecule has 1 unspecified atom stereocenters. The van der Waals surface area contributed by atoms with Gasteiger partial charge in [-0.2, -0.15) is 13.2 Å². The number of benzene rings is 1. The number of alkyl halides is 3. The summed E-state index contributed by atoms with van der Waals surface area (Å²) in [6, 6.07) is 5.31. The van der Waals surface area contributed by atoms with Crippen LogP contribution in [0.4, 0.5) is 18.9 Å².